The van der Waals surface area contributed by atoms with Crippen LogP contribution in [0.15, 0.2) is 12.4 Å². The molecule has 1 aromatic rings. The van der Waals surface area contributed by atoms with Crippen LogP contribution in [-0.2, 0) is 13.0 Å². The highest BCUT2D eigenvalue weighted by Crippen LogP contribution is 1.92. The van der Waals surface area contributed by atoms with Crippen molar-refractivity contribution in [3.05, 3.63) is 18.2 Å². The lowest BCUT2D eigenvalue weighted by atomic mass is 10.3. The van der Waals surface area contributed by atoms with Crippen LogP contribution in [0, 0.1) is 11.3 Å². The summed E-state index contributed by atoms with van der Waals surface area (Å²) in [5, 5.41) is 8.41. The van der Waals surface area contributed by atoms with Gasteiger partial charge in [0.2, 0.25) is 0 Å². The van der Waals surface area contributed by atoms with Crippen LogP contribution >= 0.6 is 0 Å². The van der Waals surface area contributed by atoms with Gasteiger partial charge in [-0.05, 0) is 6.42 Å². The predicted octanol–water partition coefficient (Wildman–Crippen LogP) is 1.17. The third kappa shape index (κ3) is 2.09. The maximum atomic E-state index is 8.41. The van der Waals surface area contributed by atoms with Gasteiger partial charge < -0.3 is 0 Å². The van der Waals surface area contributed by atoms with Gasteiger partial charge in [-0.15, -0.1) is 0 Å². The number of H-pyrrole nitrogens is 1. The zero-order valence-corrected chi connectivity index (χ0v) is 7.38. The Morgan fingerprint density at radius 3 is 3.17 bits per heavy atom. The first-order valence-electron chi connectivity index (χ1n) is 4.31. The molecule has 0 radical (unpaired) electrons. The summed E-state index contributed by atoms with van der Waals surface area (Å²) in [6.07, 6.45) is 6.68. The lowest BCUT2D eigenvalue weighted by Gasteiger charge is -1.94. The second kappa shape index (κ2) is 4.55. The smallest absolute Gasteiger partial charge is 0.248 e. The van der Waals surface area contributed by atoms with Gasteiger partial charge >= 0.3 is 0 Å². The van der Waals surface area contributed by atoms with E-state index in [0.717, 1.165) is 19.4 Å². The Balaban J connectivity index is 2.58. The predicted molar refractivity (Wildman–Crippen MR) is 45.2 cm³/mol. The van der Waals surface area contributed by atoms with E-state index in [1.807, 2.05) is 12.4 Å². The Hall–Kier alpha value is -1.30. The van der Waals surface area contributed by atoms with Crippen molar-refractivity contribution >= 4 is 0 Å². The Kier molecular flexibility index (Phi) is 3.34. The largest absolute Gasteiger partial charge is 0.254 e. The van der Waals surface area contributed by atoms with Crippen molar-refractivity contribution in [3.8, 4) is 6.07 Å². The molecule has 3 heteroatoms. The Morgan fingerprint density at radius 1 is 1.67 bits per heavy atom. The summed E-state index contributed by atoms with van der Waals surface area (Å²) in [5.74, 6) is 1.22. The number of hydrogen-bond donors (Lipinski definition) is 1. The molecule has 0 aliphatic heterocycles. The lowest BCUT2D eigenvalue weighted by molar-refractivity contribution is -0.701. The molecule has 12 heavy (non-hydrogen) atoms. The molecule has 0 saturated heterocycles. The molecule has 64 valence electrons. The molecule has 0 aromatic carbocycles. The quantitative estimate of drug-likeness (QED) is 0.667. The van der Waals surface area contributed by atoms with Gasteiger partial charge in [-0.25, -0.2) is 9.55 Å². The summed E-state index contributed by atoms with van der Waals surface area (Å²) in [7, 11) is 0. The van der Waals surface area contributed by atoms with Crippen LogP contribution in [0.1, 0.15) is 25.6 Å². The number of nitrogens with one attached hydrogen (secondary N) is 1. The molecule has 3 nitrogen and oxygen atoms in total. The van der Waals surface area contributed by atoms with Gasteiger partial charge in [0.1, 0.15) is 18.9 Å². The molecule has 0 spiro atoms. The average molecular weight is 164 g/mol. The van der Waals surface area contributed by atoms with Crippen LogP contribution in [0.3, 0.4) is 0 Å². The summed E-state index contributed by atoms with van der Waals surface area (Å²) < 4.78 is 2.10. The molecule has 1 N–H and O–H groups in total. The number of aromatic amines is 1. The van der Waals surface area contributed by atoms with Crippen molar-refractivity contribution in [2.75, 3.05) is 0 Å². The SMILES string of the molecule is CCCc1[nH]cc[n+]1CCC#N. The number of imidazole rings is 1. The van der Waals surface area contributed by atoms with Crippen molar-refractivity contribution in [3.63, 3.8) is 0 Å². The number of nitriles is 1. The molecule has 0 atom stereocenters. The van der Waals surface area contributed by atoms with Crippen molar-refractivity contribution < 1.29 is 4.57 Å². The van der Waals surface area contributed by atoms with Crippen LogP contribution < -0.4 is 4.57 Å². The minimum Gasteiger partial charge on any atom is -0.248 e. The zero-order chi connectivity index (χ0) is 8.81. The van der Waals surface area contributed by atoms with Gasteiger partial charge in [-0.2, -0.15) is 5.26 Å². The molecular formula is C9H14N3+. The number of nitrogens with zero attached hydrogens (tertiary/aromatic N) is 2. The molecular weight excluding hydrogens is 150 g/mol. The van der Waals surface area contributed by atoms with Crippen LogP contribution in [0.4, 0.5) is 0 Å². The fraction of sp³-hybridized carbons (Fsp3) is 0.556. The zero-order valence-electron chi connectivity index (χ0n) is 7.38. The summed E-state index contributed by atoms with van der Waals surface area (Å²) in [6.45, 7) is 2.95. The van der Waals surface area contributed by atoms with E-state index in [1.165, 1.54) is 5.82 Å². The van der Waals surface area contributed by atoms with Gasteiger partial charge in [-0.1, -0.05) is 6.92 Å². The highest BCUT2D eigenvalue weighted by molar-refractivity contribution is 4.77. The summed E-state index contributed by atoms with van der Waals surface area (Å²) >= 11 is 0. The third-order valence-electron chi connectivity index (χ3n) is 1.80. The third-order valence-corrected chi connectivity index (χ3v) is 1.80. The molecule has 0 aliphatic carbocycles. The summed E-state index contributed by atoms with van der Waals surface area (Å²) in [6, 6.07) is 2.14. The second-order valence-corrected chi connectivity index (χ2v) is 2.76. The average Bonchev–Trinajstić information content (AvgIpc) is 2.50. The van der Waals surface area contributed by atoms with Gasteiger partial charge in [0, 0.05) is 6.42 Å². The Bertz CT molecular complexity index is 270. The van der Waals surface area contributed by atoms with Gasteiger partial charge in [0.15, 0.2) is 0 Å². The normalized spacial score (nSPS) is 9.67. The minimum absolute atomic E-state index is 0.583. The number of rotatable bonds is 4. The van der Waals surface area contributed by atoms with E-state index in [4.69, 9.17) is 5.26 Å². The van der Waals surface area contributed by atoms with Crippen LogP contribution in [-0.4, -0.2) is 4.98 Å². The second-order valence-electron chi connectivity index (χ2n) is 2.76. The monoisotopic (exact) mass is 164 g/mol. The van der Waals surface area contributed by atoms with Crippen molar-refractivity contribution in [2.45, 2.75) is 32.7 Å². The molecule has 0 aliphatic rings. The molecule has 0 fully saturated rings. The van der Waals surface area contributed by atoms with E-state index in [2.05, 4.69) is 22.5 Å². The molecule has 1 rings (SSSR count). The minimum atomic E-state index is 0.583. The van der Waals surface area contributed by atoms with Crippen molar-refractivity contribution in [2.24, 2.45) is 0 Å². The fourth-order valence-electron chi connectivity index (χ4n) is 1.23. The molecule has 0 bridgehead atoms. The topological polar surface area (TPSA) is 43.5 Å². The molecule has 1 aromatic heterocycles. The van der Waals surface area contributed by atoms with E-state index in [1.54, 1.807) is 0 Å². The first-order valence-corrected chi connectivity index (χ1v) is 4.31. The number of aryl methyl sites for hydroxylation is 2. The lowest BCUT2D eigenvalue weighted by Crippen LogP contribution is -2.35. The highest BCUT2D eigenvalue weighted by Gasteiger charge is 2.07. The van der Waals surface area contributed by atoms with E-state index in [9.17, 15) is 0 Å². The molecule has 0 unspecified atom stereocenters. The van der Waals surface area contributed by atoms with Gasteiger partial charge in [-0.3, -0.25) is 0 Å². The van der Waals surface area contributed by atoms with Crippen LogP contribution in [0.25, 0.3) is 0 Å². The van der Waals surface area contributed by atoms with Gasteiger partial charge in [0.25, 0.3) is 5.82 Å². The van der Waals surface area contributed by atoms with Crippen LogP contribution in [0.2, 0.25) is 0 Å². The van der Waals surface area contributed by atoms with E-state index >= 15 is 0 Å². The van der Waals surface area contributed by atoms with E-state index in [0.29, 0.717) is 6.42 Å². The molecule has 1 heterocycles. The van der Waals surface area contributed by atoms with Crippen molar-refractivity contribution in [1.82, 2.24) is 4.98 Å². The molecule has 0 saturated carbocycles. The first-order chi connectivity index (χ1) is 5.88. The van der Waals surface area contributed by atoms with Crippen molar-refractivity contribution in [1.29, 1.82) is 5.26 Å². The summed E-state index contributed by atoms with van der Waals surface area (Å²) in [5.41, 5.74) is 0. The van der Waals surface area contributed by atoms with E-state index < -0.39 is 0 Å². The maximum absolute atomic E-state index is 8.41. The number of aromatic nitrogens is 2. The standard InChI is InChI=1S/C9H13N3/c1-2-4-9-11-6-8-12(9)7-3-5-10/h6,8H,2-4,7H2,1H3/p+1. The highest BCUT2D eigenvalue weighted by atomic mass is 15.1. The van der Waals surface area contributed by atoms with E-state index in [-0.39, 0.29) is 0 Å². The fourth-order valence-corrected chi connectivity index (χ4v) is 1.23. The Morgan fingerprint density at radius 2 is 2.50 bits per heavy atom. The Labute approximate surface area is 72.7 Å². The number of hydrogen-bond acceptors (Lipinski definition) is 1. The molecule has 0 amide bonds. The van der Waals surface area contributed by atoms with Crippen LogP contribution in [0.5, 0.6) is 0 Å². The maximum Gasteiger partial charge on any atom is 0.254 e. The van der Waals surface area contributed by atoms with Gasteiger partial charge in [0.05, 0.1) is 12.5 Å². The summed E-state index contributed by atoms with van der Waals surface area (Å²) in [4.78, 5) is 3.17. The first kappa shape index (κ1) is 8.79.